The van der Waals surface area contributed by atoms with Crippen LogP contribution in [0.5, 0.6) is 0 Å². The topological polar surface area (TPSA) is 77.9 Å². The van der Waals surface area contributed by atoms with E-state index >= 15 is 0 Å². The monoisotopic (exact) mass is 242 g/mol. The quantitative estimate of drug-likeness (QED) is 0.701. The highest BCUT2D eigenvalue weighted by molar-refractivity contribution is 6.02. The van der Waals surface area contributed by atoms with E-state index < -0.39 is 11.9 Å². The highest BCUT2D eigenvalue weighted by Gasteiger charge is 2.18. The first-order chi connectivity index (χ1) is 7.68. The maximum absolute atomic E-state index is 11.8. The Hall–Kier alpha value is -1.85. The number of amides is 2. The van der Waals surface area contributed by atoms with Crippen molar-refractivity contribution in [1.82, 2.24) is 9.80 Å². The summed E-state index contributed by atoms with van der Waals surface area (Å²) in [4.78, 5) is 36.4. The molecule has 0 aliphatic heterocycles. The molecule has 0 unspecified atom stereocenters. The summed E-state index contributed by atoms with van der Waals surface area (Å²) < 4.78 is 0. The van der Waals surface area contributed by atoms with Crippen LogP contribution in [0.15, 0.2) is 11.1 Å². The van der Waals surface area contributed by atoms with Crippen molar-refractivity contribution in [3.8, 4) is 0 Å². The van der Waals surface area contributed by atoms with Gasteiger partial charge >= 0.3 is 5.97 Å². The molecule has 0 atom stereocenters. The fourth-order valence-corrected chi connectivity index (χ4v) is 1.02. The minimum Gasteiger partial charge on any atom is -0.478 e. The van der Waals surface area contributed by atoms with E-state index in [0.717, 1.165) is 0 Å². The van der Waals surface area contributed by atoms with Crippen molar-refractivity contribution in [2.24, 2.45) is 0 Å². The lowest BCUT2D eigenvalue weighted by Gasteiger charge is -2.19. The van der Waals surface area contributed by atoms with E-state index in [0.29, 0.717) is 0 Å². The van der Waals surface area contributed by atoms with Gasteiger partial charge in [0.25, 0.3) is 0 Å². The maximum Gasteiger partial charge on any atom is 0.331 e. The second kappa shape index (κ2) is 6.03. The predicted octanol–water partition coefficient (Wildman–Crippen LogP) is -0.0460. The number of nitrogens with zero attached hydrogens (tertiary/aromatic N) is 2. The first kappa shape index (κ1) is 15.2. The van der Waals surface area contributed by atoms with Gasteiger partial charge in [0, 0.05) is 32.3 Å². The molecule has 0 saturated heterocycles. The maximum atomic E-state index is 11.8. The Morgan fingerprint density at radius 3 is 1.82 bits per heavy atom. The molecule has 0 bridgehead atoms. The minimum atomic E-state index is -1.14. The summed E-state index contributed by atoms with van der Waals surface area (Å²) >= 11 is 0. The summed E-state index contributed by atoms with van der Waals surface area (Å²) in [6, 6.07) is 0. The second-order valence-electron chi connectivity index (χ2n) is 4.00. The summed E-state index contributed by atoms with van der Waals surface area (Å²) in [5.74, 6) is -1.81. The highest BCUT2D eigenvalue weighted by Crippen LogP contribution is 2.07. The third kappa shape index (κ3) is 4.26. The Morgan fingerprint density at radius 2 is 1.47 bits per heavy atom. The molecule has 0 aromatic heterocycles. The zero-order chi connectivity index (χ0) is 13.7. The number of carbonyl (C=O) groups excluding carboxylic acids is 2. The molecule has 17 heavy (non-hydrogen) atoms. The zero-order valence-electron chi connectivity index (χ0n) is 10.8. The van der Waals surface area contributed by atoms with Crippen LogP contribution in [-0.2, 0) is 14.4 Å². The van der Waals surface area contributed by atoms with Gasteiger partial charge in [0.15, 0.2) is 0 Å². The second-order valence-corrected chi connectivity index (χ2v) is 4.00. The third-order valence-electron chi connectivity index (χ3n) is 2.42. The predicted molar refractivity (Wildman–Crippen MR) is 62.3 cm³/mol. The van der Waals surface area contributed by atoms with Gasteiger partial charge in [-0.1, -0.05) is 0 Å². The van der Waals surface area contributed by atoms with Gasteiger partial charge < -0.3 is 14.9 Å². The normalized spacial score (nSPS) is 11.6. The fraction of sp³-hybridized carbons (Fsp3) is 0.545. The van der Waals surface area contributed by atoms with Gasteiger partial charge in [-0.05, 0) is 13.8 Å². The first-order valence-corrected chi connectivity index (χ1v) is 5.04. The molecule has 0 heterocycles. The molecule has 6 nitrogen and oxygen atoms in total. The van der Waals surface area contributed by atoms with Crippen molar-refractivity contribution >= 4 is 17.8 Å². The van der Waals surface area contributed by atoms with Crippen molar-refractivity contribution in [1.29, 1.82) is 0 Å². The van der Waals surface area contributed by atoms with E-state index in [1.54, 1.807) is 14.1 Å². The molecule has 6 heteroatoms. The van der Waals surface area contributed by atoms with Crippen molar-refractivity contribution in [3.05, 3.63) is 11.1 Å². The van der Waals surface area contributed by atoms with Crippen LogP contribution in [0.3, 0.4) is 0 Å². The lowest BCUT2D eigenvalue weighted by Crippen LogP contribution is -2.38. The molecule has 0 fully saturated rings. The highest BCUT2D eigenvalue weighted by atomic mass is 16.4. The number of hydrogen-bond donors (Lipinski definition) is 1. The van der Waals surface area contributed by atoms with E-state index in [4.69, 9.17) is 5.11 Å². The Kier molecular flexibility index (Phi) is 5.37. The van der Waals surface area contributed by atoms with Gasteiger partial charge in [-0.15, -0.1) is 0 Å². The molecule has 0 spiro atoms. The molecule has 0 radical (unpaired) electrons. The third-order valence-corrected chi connectivity index (χ3v) is 2.42. The molecular weight excluding hydrogens is 224 g/mol. The Morgan fingerprint density at radius 1 is 1.00 bits per heavy atom. The molecule has 0 aliphatic carbocycles. The van der Waals surface area contributed by atoms with Crippen molar-refractivity contribution in [2.45, 2.75) is 13.8 Å². The molecule has 2 amide bonds. The standard InChI is InChI=1S/C11H18N2O4/c1-7(8(2)11(16)17)10(15)13(5)6-9(14)12(3)4/h6H2,1-5H3,(H,16,17)/b8-7-. The summed E-state index contributed by atoms with van der Waals surface area (Å²) in [5, 5.41) is 8.75. The van der Waals surface area contributed by atoms with Crippen LogP contribution in [0.1, 0.15) is 13.8 Å². The van der Waals surface area contributed by atoms with E-state index in [9.17, 15) is 14.4 Å². The first-order valence-electron chi connectivity index (χ1n) is 5.04. The van der Waals surface area contributed by atoms with Gasteiger partial charge in [0.05, 0.1) is 6.54 Å². The lowest BCUT2D eigenvalue weighted by molar-refractivity contribution is -0.136. The Labute approximate surface area is 100 Å². The number of aliphatic carboxylic acids is 1. The fourth-order valence-electron chi connectivity index (χ4n) is 1.02. The van der Waals surface area contributed by atoms with Crippen LogP contribution < -0.4 is 0 Å². The molecule has 0 aliphatic rings. The molecule has 0 aromatic carbocycles. The SMILES string of the molecule is C/C(C(=O)O)=C(\C)C(=O)N(C)CC(=O)N(C)C. The summed E-state index contributed by atoms with van der Waals surface area (Å²) in [6.07, 6.45) is 0. The van der Waals surface area contributed by atoms with Crippen LogP contribution in [0.4, 0.5) is 0 Å². The van der Waals surface area contributed by atoms with Crippen LogP contribution in [-0.4, -0.2) is 60.4 Å². The Balaban J connectivity index is 4.79. The molecule has 96 valence electrons. The Bertz CT molecular complexity index is 372. The largest absolute Gasteiger partial charge is 0.478 e. The van der Waals surface area contributed by atoms with E-state index in [2.05, 4.69) is 0 Å². The van der Waals surface area contributed by atoms with Gasteiger partial charge in [0.1, 0.15) is 0 Å². The molecule has 0 saturated carbocycles. The number of carboxylic acids is 1. The van der Waals surface area contributed by atoms with Crippen LogP contribution >= 0.6 is 0 Å². The number of carbonyl (C=O) groups is 3. The zero-order valence-corrected chi connectivity index (χ0v) is 10.8. The number of rotatable bonds is 4. The molecule has 1 N–H and O–H groups in total. The molecular formula is C11H18N2O4. The number of hydrogen-bond acceptors (Lipinski definition) is 3. The summed E-state index contributed by atoms with van der Waals surface area (Å²) in [5.41, 5.74) is 0.116. The van der Waals surface area contributed by atoms with Crippen molar-refractivity contribution < 1.29 is 19.5 Å². The average Bonchev–Trinajstić information content (AvgIpc) is 2.25. The van der Waals surface area contributed by atoms with Crippen molar-refractivity contribution in [3.63, 3.8) is 0 Å². The van der Waals surface area contributed by atoms with Crippen LogP contribution in [0.2, 0.25) is 0 Å². The van der Waals surface area contributed by atoms with Gasteiger partial charge in [-0.3, -0.25) is 9.59 Å². The van der Waals surface area contributed by atoms with Gasteiger partial charge in [-0.25, -0.2) is 4.79 Å². The number of carboxylic acid groups (broad SMARTS) is 1. The minimum absolute atomic E-state index is 0.0147. The van der Waals surface area contributed by atoms with Gasteiger partial charge in [-0.2, -0.15) is 0 Å². The van der Waals surface area contributed by atoms with Crippen molar-refractivity contribution in [2.75, 3.05) is 27.7 Å². The molecule has 0 aromatic rings. The van der Waals surface area contributed by atoms with E-state index in [1.807, 2.05) is 0 Å². The summed E-state index contributed by atoms with van der Waals surface area (Å²) in [7, 11) is 4.64. The summed E-state index contributed by atoms with van der Waals surface area (Å²) in [6.45, 7) is 2.72. The van der Waals surface area contributed by atoms with E-state index in [1.165, 1.54) is 30.7 Å². The smallest absolute Gasteiger partial charge is 0.331 e. The average molecular weight is 242 g/mol. The van der Waals surface area contributed by atoms with Gasteiger partial charge in [0.2, 0.25) is 11.8 Å². The number of likely N-dealkylation sites (N-methyl/N-ethyl adjacent to an activating group) is 2. The van der Waals surface area contributed by atoms with Crippen LogP contribution in [0, 0.1) is 0 Å². The lowest BCUT2D eigenvalue weighted by atomic mass is 10.1. The van der Waals surface area contributed by atoms with Crippen LogP contribution in [0.25, 0.3) is 0 Å². The molecule has 0 rings (SSSR count). The van der Waals surface area contributed by atoms with E-state index in [-0.39, 0.29) is 23.6 Å².